The lowest BCUT2D eigenvalue weighted by molar-refractivity contribution is 0.160. The summed E-state index contributed by atoms with van der Waals surface area (Å²) in [6, 6.07) is 1.56. The van der Waals surface area contributed by atoms with Crippen LogP contribution in [0.2, 0.25) is 0 Å². The average Bonchev–Trinajstić information content (AvgIpc) is 2.23. The van der Waals surface area contributed by atoms with Crippen molar-refractivity contribution in [1.82, 2.24) is 10.3 Å². The number of nitrogens with zero attached hydrogens (tertiary/aromatic N) is 1. The molecule has 1 N–H and O–H groups in total. The van der Waals surface area contributed by atoms with Crippen LogP contribution in [0, 0.1) is 5.82 Å². The Kier molecular flexibility index (Phi) is 2.93. The molecule has 2 rings (SSSR count). The van der Waals surface area contributed by atoms with Gasteiger partial charge in [0.2, 0.25) is 0 Å². The molecule has 76 valence electrons. The van der Waals surface area contributed by atoms with E-state index >= 15 is 0 Å². The molecule has 0 aromatic carbocycles. The second-order valence-electron chi connectivity index (χ2n) is 3.39. The molecule has 1 aromatic heterocycles. The van der Waals surface area contributed by atoms with E-state index in [2.05, 4.69) is 10.3 Å². The van der Waals surface area contributed by atoms with Gasteiger partial charge in [0, 0.05) is 18.8 Å². The monoisotopic (exact) mass is 196 g/mol. The summed E-state index contributed by atoms with van der Waals surface area (Å²) in [5, 5.41) is 3.21. The van der Waals surface area contributed by atoms with E-state index in [1.165, 1.54) is 12.4 Å². The van der Waals surface area contributed by atoms with Crippen LogP contribution >= 0.6 is 0 Å². The molecule has 1 fully saturated rings. The van der Waals surface area contributed by atoms with Crippen LogP contribution in [0.4, 0.5) is 4.39 Å². The van der Waals surface area contributed by atoms with Crippen LogP contribution in [-0.4, -0.2) is 24.2 Å². The normalized spacial score (nSPS) is 21.9. The second-order valence-corrected chi connectivity index (χ2v) is 3.39. The van der Waals surface area contributed by atoms with E-state index in [9.17, 15) is 4.39 Å². The molecule has 14 heavy (non-hydrogen) atoms. The Hall–Kier alpha value is -1.16. The van der Waals surface area contributed by atoms with Crippen LogP contribution in [0.5, 0.6) is 5.75 Å². The Morgan fingerprint density at radius 2 is 2.50 bits per heavy atom. The van der Waals surface area contributed by atoms with Crippen molar-refractivity contribution in [2.75, 3.05) is 13.1 Å². The van der Waals surface area contributed by atoms with E-state index in [1.807, 2.05) is 0 Å². The predicted molar refractivity (Wildman–Crippen MR) is 50.7 cm³/mol. The SMILES string of the molecule is Fc1cnccc1OC1CCCNC1. The molecular formula is C10H13FN2O. The zero-order valence-corrected chi connectivity index (χ0v) is 7.87. The lowest BCUT2D eigenvalue weighted by Crippen LogP contribution is -2.37. The number of nitrogens with one attached hydrogen (secondary N) is 1. The number of aromatic nitrogens is 1. The maximum Gasteiger partial charge on any atom is 0.183 e. The average molecular weight is 196 g/mol. The number of rotatable bonds is 2. The lowest BCUT2D eigenvalue weighted by atomic mass is 10.1. The van der Waals surface area contributed by atoms with Crippen LogP contribution < -0.4 is 10.1 Å². The van der Waals surface area contributed by atoms with Gasteiger partial charge in [0.25, 0.3) is 0 Å². The maximum absolute atomic E-state index is 13.1. The molecule has 0 radical (unpaired) electrons. The first-order valence-corrected chi connectivity index (χ1v) is 4.83. The minimum absolute atomic E-state index is 0.0839. The molecule has 0 aliphatic carbocycles. The minimum Gasteiger partial charge on any atom is -0.486 e. The highest BCUT2D eigenvalue weighted by molar-refractivity contribution is 5.20. The van der Waals surface area contributed by atoms with Gasteiger partial charge in [-0.05, 0) is 19.4 Å². The number of hydrogen-bond acceptors (Lipinski definition) is 3. The highest BCUT2D eigenvalue weighted by Crippen LogP contribution is 2.18. The van der Waals surface area contributed by atoms with Gasteiger partial charge in [0.15, 0.2) is 11.6 Å². The molecular weight excluding hydrogens is 183 g/mol. The molecule has 0 saturated carbocycles. The van der Waals surface area contributed by atoms with Crippen LogP contribution in [-0.2, 0) is 0 Å². The summed E-state index contributed by atoms with van der Waals surface area (Å²) in [7, 11) is 0. The van der Waals surface area contributed by atoms with Crippen molar-refractivity contribution >= 4 is 0 Å². The largest absolute Gasteiger partial charge is 0.486 e. The third kappa shape index (κ3) is 2.20. The van der Waals surface area contributed by atoms with Crippen molar-refractivity contribution in [2.45, 2.75) is 18.9 Å². The molecule has 0 amide bonds. The predicted octanol–water partition coefficient (Wildman–Crippen LogP) is 1.35. The number of hydrogen-bond donors (Lipinski definition) is 1. The smallest absolute Gasteiger partial charge is 0.183 e. The summed E-state index contributed by atoms with van der Waals surface area (Å²) in [6.07, 6.45) is 4.85. The maximum atomic E-state index is 13.1. The highest BCUT2D eigenvalue weighted by atomic mass is 19.1. The van der Waals surface area contributed by atoms with E-state index in [-0.39, 0.29) is 6.10 Å². The number of halogens is 1. The van der Waals surface area contributed by atoms with Gasteiger partial charge in [-0.2, -0.15) is 0 Å². The van der Waals surface area contributed by atoms with E-state index in [0.29, 0.717) is 5.75 Å². The first kappa shape index (κ1) is 9.40. The number of pyridine rings is 1. The van der Waals surface area contributed by atoms with Gasteiger partial charge >= 0.3 is 0 Å². The summed E-state index contributed by atoms with van der Waals surface area (Å²) in [6.45, 7) is 1.82. The van der Waals surface area contributed by atoms with Crippen molar-refractivity contribution in [1.29, 1.82) is 0 Å². The molecule has 2 heterocycles. The summed E-state index contributed by atoms with van der Waals surface area (Å²) in [4.78, 5) is 3.67. The Morgan fingerprint density at radius 3 is 3.21 bits per heavy atom. The van der Waals surface area contributed by atoms with Crippen LogP contribution in [0.15, 0.2) is 18.5 Å². The fourth-order valence-electron chi connectivity index (χ4n) is 1.56. The molecule has 1 aromatic rings. The van der Waals surface area contributed by atoms with Gasteiger partial charge in [0.1, 0.15) is 6.10 Å². The second kappa shape index (κ2) is 4.37. The van der Waals surface area contributed by atoms with Crippen LogP contribution in [0.1, 0.15) is 12.8 Å². The molecule has 1 unspecified atom stereocenters. The summed E-state index contributed by atoms with van der Waals surface area (Å²) in [5.74, 6) is -0.0910. The van der Waals surface area contributed by atoms with Crippen LogP contribution in [0.25, 0.3) is 0 Å². The van der Waals surface area contributed by atoms with Gasteiger partial charge in [0.05, 0.1) is 6.20 Å². The number of ether oxygens (including phenoxy) is 1. The lowest BCUT2D eigenvalue weighted by Gasteiger charge is -2.23. The summed E-state index contributed by atoms with van der Waals surface area (Å²) < 4.78 is 18.6. The molecule has 3 nitrogen and oxygen atoms in total. The minimum atomic E-state index is -0.391. The molecule has 1 aliphatic rings. The summed E-state index contributed by atoms with van der Waals surface area (Å²) >= 11 is 0. The first-order valence-electron chi connectivity index (χ1n) is 4.83. The standard InChI is InChI=1S/C10H13FN2O/c11-9-7-13-5-3-10(9)14-8-2-1-4-12-6-8/h3,5,7-8,12H,1-2,4,6H2. The Bertz CT molecular complexity index is 300. The number of piperidine rings is 1. The van der Waals surface area contributed by atoms with Crippen molar-refractivity contribution in [2.24, 2.45) is 0 Å². The van der Waals surface area contributed by atoms with Gasteiger partial charge < -0.3 is 10.1 Å². The molecule has 1 aliphatic heterocycles. The Morgan fingerprint density at radius 1 is 1.57 bits per heavy atom. The highest BCUT2D eigenvalue weighted by Gasteiger charge is 2.15. The first-order chi connectivity index (χ1) is 6.86. The van der Waals surface area contributed by atoms with Crippen molar-refractivity contribution < 1.29 is 9.13 Å². The fourth-order valence-corrected chi connectivity index (χ4v) is 1.56. The van der Waals surface area contributed by atoms with E-state index < -0.39 is 5.82 Å². The Labute approximate surface area is 82.3 Å². The van der Waals surface area contributed by atoms with Gasteiger partial charge in [-0.25, -0.2) is 4.39 Å². The molecule has 0 spiro atoms. The molecule has 1 atom stereocenters. The van der Waals surface area contributed by atoms with Crippen molar-refractivity contribution in [3.8, 4) is 5.75 Å². The van der Waals surface area contributed by atoms with E-state index in [0.717, 1.165) is 25.9 Å². The van der Waals surface area contributed by atoms with E-state index in [1.54, 1.807) is 6.07 Å². The fraction of sp³-hybridized carbons (Fsp3) is 0.500. The Balaban J connectivity index is 1.99. The van der Waals surface area contributed by atoms with Crippen LogP contribution in [0.3, 0.4) is 0 Å². The van der Waals surface area contributed by atoms with Crippen molar-refractivity contribution in [3.63, 3.8) is 0 Å². The zero-order valence-electron chi connectivity index (χ0n) is 7.87. The van der Waals surface area contributed by atoms with Crippen molar-refractivity contribution in [3.05, 3.63) is 24.3 Å². The third-order valence-electron chi connectivity index (χ3n) is 2.28. The molecule has 0 bridgehead atoms. The topological polar surface area (TPSA) is 34.1 Å². The van der Waals surface area contributed by atoms with E-state index in [4.69, 9.17) is 4.74 Å². The van der Waals surface area contributed by atoms with Gasteiger partial charge in [-0.15, -0.1) is 0 Å². The van der Waals surface area contributed by atoms with Gasteiger partial charge in [-0.3, -0.25) is 4.98 Å². The third-order valence-corrected chi connectivity index (χ3v) is 2.28. The van der Waals surface area contributed by atoms with Gasteiger partial charge in [-0.1, -0.05) is 0 Å². The summed E-state index contributed by atoms with van der Waals surface area (Å²) in [5.41, 5.74) is 0. The molecule has 1 saturated heterocycles. The quantitative estimate of drug-likeness (QED) is 0.775. The molecule has 4 heteroatoms. The zero-order chi connectivity index (χ0) is 9.80.